The van der Waals surface area contributed by atoms with E-state index < -0.39 is 18.5 Å². The highest BCUT2D eigenvalue weighted by Gasteiger charge is 2.36. The van der Waals surface area contributed by atoms with Crippen LogP contribution in [0.2, 0.25) is 0 Å². The van der Waals surface area contributed by atoms with Gasteiger partial charge < -0.3 is 14.6 Å². The number of carbonyl (C=O) groups is 3. The van der Waals surface area contributed by atoms with E-state index in [1.54, 1.807) is 48.5 Å². The predicted octanol–water partition coefficient (Wildman–Crippen LogP) is 4.16. The number of rotatable bonds is 6. The predicted molar refractivity (Wildman–Crippen MR) is 109 cm³/mol. The smallest absolute Gasteiger partial charge is 0.341 e. The molecule has 7 nitrogen and oxygen atoms in total. The summed E-state index contributed by atoms with van der Waals surface area (Å²) in [6.45, 7) is -0.524. The molecule has 2 aromatic rings. The van der Waals surface area contributed by atoms with Crippen LogP contribution in [0, 0.1) is 0 Å². The molecular weight excluding hydrogens is 450 g/mol. The Morgan fingerprint density at radius 3 is 2.61 bits per heavy atom. The maximum Gasteiger partial charge on any atom is 0.341 e. The quantitative estimate of drug-likeness (QED) is 0.642. The lowest BCUT2D eigenvalue weighted by molar-refractivity contribution is -0.139. The van der Waals surface area contributed by atoms with Crippen molar-refractivity contribution in [2.24, 2.45) is 0 Å². The van der Waals surface area contributed by atoms with Crippen LogP contribution in [0.3, 0.4) is 0 Å². The van der Waals surface area contributed by atoms with Crippen molar-refractivity contribution in [3.8, 4) is 11.5 Å². The molecule has 0 unspecified atom stereocenters. The van der Waals surface area contributed by atoms with Crippen molar-refractivity contribution in [2.45, 2.75) is 0 Å². The SMILES string of the molecule is COc1cc(/C=C2/SC(=O)N(c3ccccc3)C2=O)cc(Br)c1OCC(=O)O. The number of para-hydroxylation sites is 1. The standard InChI is InChI=1S/C19H14BrNO6S/c1-26-14-8-11(7-13(20)17(14)27-10-16(22)23)9-15-18(24)21(19(25)28-15)12-5-3-2-4-6-12/h2-9H,10H2,1H3,(H,22,23)/b15-9+. The van der Waals surface area contributed by atoms with Crippen LogP contribution in [0.15, 0.2) is 51.8 Å². The average Bonchev–Trinajstić information content (AvgIpc) is 2.94. The zero-order chi connectivity index (χ0) is 20.3. The van der Waals surface area contributed by atoms with E-state index in [1.807, 2.05) is 0 Å². The minimum Gasteiger partial charge on any atom is -0.493 e. The molecule has 9 heteroatoms. The Kier molecular flexibility index (Phi) is 6.05. The molecule has 0 aliphatic carbocycles. The minimum absolute atomic E-state index is 0.236. The Hall–Kier alpha value is -2.78. The number of hydrogen-bond acceptors (Lipinski definition) is 6. The molecular formula is C19H14BrNO6S. The molecule has 1 N–H and O–H groups in total. The first-order valence-corrected chi connectivity index (χ1v) is 9.56. The van der Waals surface area contributed by atoms with E-state index in [9.17, 15) is 14.4 Å². The second-order valence-corrected chi connectivity index (χ2v) is 7.42. The van der Waals surface area contributed by atoms with Crippen molar-refractivity contribution in [3.63, 3.8) is 0 Å². The highest BCUT2D eigenvalue weighted by atomic mass is 79.9. The molecule has 28 heavy (non-hydrogen) atoms. The Morgan fingerprint density at radius 1 is 1.25 bits per heavy atom. The molecule has 0 radical (unpaired) electrons. The summed E-state index contributed by atoms with van der Waals surface area (Å²) in [7, 11) is 1.42. The summed E-state index contributed by atoms with van der Waals surface area (Å²) in [6, 6.07) is 11.9. The monoisotopic (exact) mass is 463 g/mol. The molecule has 1 aliphatic heterocycles. The van der Waals surface area contributed by atoms with Crippen molar-refractivity contribution in [2.75, 3.05) is 18.6 Å². The molecule has 1 fully saturated rings. The fourth-order valence-electron chi connectivity index (χ4n) is 2.52. The van der Waals surface area contributed by atoms with E-state index in [2.05, 4.69) is 15.9 Å². The van der Waals surface area contributed by atoms with Crippen LogP contribution in [0.4, 0.5) is 10.5 Å². The van der Waals surface area contributed by atoms with E-state index in [1.165, 1.54) is 7.11 Å². The van der Waals surface area contributed by atoms with Crippen LogP contribution < -0.4 is 14.4 Å². The number of hydrogen-bond donors (Lipinski definition) is 1. The van der Waals surface area contributed by atoms with Gasteiger partial charge in [0.2, 0.25) is 0 Å². The van der Waals surface area contributed by atoms with Crippen molar-refractivity contribution in [1.82, 2.24) is 0 Å². The van der Waals surface area contributed by atoms with E-state index >= 15 is 0 Å². The number of aliphatic carboxylic acids is 1. The second-order valence-electron chi connectivity index (χ2n) is 5.57. The Bertz CT molecular complexity index is 976. The van der Waals surface area contributed by atoms with Gasteiger partial charge in [0, 0.05) is 0 Å². The maximum atomic E-state index is 12.7. The fraction of sp³-hybridized carbons (Fsp3) is 0.105. The first-order valence-electron chi connectivity index (χ1n) is 7.96. The molecule has 0 bridgehead atoms. The van der Waals surface area contributed by atoms with Gasteiger partial charge >= 0.3 is 5.97 Å². The van der Waals surface area contributed by atoms with Gasteiger partial charge in [0.05, 0.1) is 22.2 Å². The summed E-state index contributed by atoms with van der Waals surface area (Å²) in [4.78, 5) is 37.1. The van der Waals surface area contributed by atoms with Crippen LogP contribution in [0.1, 0.15) is 5.56 Å². The number of amides is 2. The summed E-state index contributed by atoms with van der Waals surface area (Å²) < 4.78 is 10.9. The van der Waals surface area contributed by atoms with E-state index in [0.717, 1.165) is 16.7 Å². The molecule has 0 atom stereocenters. The zero-order valence-electron chi connectivity index (χ0n) is 14.5. The number of anilines is 1. The van der Waals surface area contributed by atoms with Crippen molar-refractivity contribution < 1.29 is 29.0 Å². The molecule has 0 spiro atoms. The summed E-state index contributed by atoms with van der Waals surface area (Å²) in [5.74, 6) is -1.00. The molecule has 144 valence electrons. The number of ether oxygens (including phenoxy) is 2. The number of benzene rings is 2. The number of methoxy groups -OCH3 is 1. The highest BCUT2D eigenvalue weighted by Crippen LogP contribution is 2.40. The van der Waals surface area contributed by atoms with Gasteiger partial charge in [-0.05, 0) is 63.6 Å². The van der Waals surface area contributed by atoms with Crippen LogP contribution in [0.25, 0.3) is 6.08 Å². The van der Waals surface area contributed by atoms with Gasteiger partial charge in [-0.25, -0.2) is 9.69 Å². The maximum absolute atomic E-state index is 12.7. The Morgan fingerprint density at radius 2 is 1.96 bits per heavy atom. The van der Waals surface area contributed by atoms with Crippen molar-refractivity contribution in [1.29, 1.82) is 0 Å². The lowest BCUT2D eigenvalue weighted by Gasteiger charge is -2.13. The average molecular weight is 464 g/mol. The number of thioether (sulfide) groups is 1. The highest BCUT2D eigenvalue weighted by molar-refractivity contribution is 9.10. The first-order chi connectivity index (χ1) is 13.4. The summed E-state index contributed by atoms with van der Waals surface area (Å²) in [5, 5.41) is 8.40. The summed E-state index contributed by atoms with van der Waals surface area (Å²) in [6.07, 6.45) is 1.57. The number of carboxylic acids is 1. The minimum atomic E-state index is -1.12. The number of nitrogens with zero attached hydrogens (tertiary/aromatic N) is 1. The lowest BCUT2D eigenvalue weighted by Crippen LogP contribution is -2.27. The third-order valence-corrected chi connectivity index (χ3v) is 5.16. The molecule has 2 aromatic carbocycles. The van der Waals surface area contributed by atoms with Crippen LogP contribution in [-0.2, 0) is 9.59 Å². The largest absolute Gasteiger partial charge is 0.493 e. The Balaban J connectivity index is 1.91. The summed E-state index contributed by atoms with van der Waals surface area (Å²) >= 11 is 4.16. The van der Waals surface area contributed by atoms with E-state index in [0.29, 0.717) is 21.5 Å². The van der Waals surface area contributed by atoms with Gasteiger partial charge in [0.25, 0.3) is 11.1 Å². The normalized spacial score (nSPS) is 15.2. The first kappa shape index (κ1) is 20.0. The topological polar surface area (TPSA) is 93.1 Å². The van der Waals surface area contributed by atoms with Gasteiger partial charge in [0.1, 0.15) is 0 Å². The van der Waals surface area contributed by atoms with Gasteiger partial charge in [-0.1, -0.05) is 18.2 Å². The van der Waals surface area contributed by atoms with Crippen molar-refractivity contribution in [3.05, 3.63) is 57.4 Å². The summed E-state index contributed by atoms with van der Waals surface area (Å²) in [5.41, 5.74) is 1.09. The number of halogens is 1. The van der Waals surface area contributed by atoms with E-state index in [4.69, 9.17) is 14.6 Å². The van der Waals surface area contributed by atoms with Crippen LogP contribution >= 0.6 is 27.7 Å². The number of carboxylic acid groups (broad SMARTS) is 1. The lowest BCUT2D eigenvalue weighted by atomic mass is 10.1. The van der Waals surface area contributed by atoms with Crippen molar-refractivity contribution >= 4 is 56.6 Å². The van der Waals surface area contributed by atoms with Crippen LogP contribution in [-0.4, -0.2) is 35.9 Å². The Labute approximate surface area is 173 Å². The number of carbonyl (C=O) groups excluding carboxylic acids is 2. The molecule has 1 heterocycles. The third kappa shape index (κ3) is 4.20. The molecule has 1 saturated heterocycles. The molecule has 2 amide bonds. The number of imide groups is 1. The van der Waals surface area contributed by atoms with Gasteiger partial charge in [-0.2, -0.15) is 0 Å². The molecule has 1 aliphatic rings. The molecule has 3 rings (SSSR count). The third-order valence-electron chi connectivity index (χ3n) is 3.70. The van der Waals surface area contributed by atoms with Gasteiger partial charge in [0.15, 0.2) is 18.1 Å². The van der Waals surface area contributed by atoms with Gasteiger partial charge in [-0.15, -0.1) is 0 Å². The fourth-order valence-corrected chi connectivity index (χ4v) is 3.93. The van der Waals surface area contributed by atoms with E-state index in [-0.39, 0.29) is 15.9 Å². The molecule has 0 saturated carbocycles. The second kappa shape index (κ2) is 8.49. The zero-order valence-corrected chi connectivity index (χ0v) is 17.0. The van der Waals surface area contributed by atoms with Gasteiger partial charge in [-0.3, -0.25) is 9.59 Å². The molecule has 0 aromatic heterocycles. The van der Waals surface area contributed by atoms with Crippen LogP contribution in [0.5, 0.6) is 11.5 Å².